The largest absolute Gasteiger partial charge is 0.423 e. The van der Waals surface area contributed by atoms with Crippen LogP contribution in [-0.2, 0) is 21.9 Å². The zero-order valence-electron chi connectivity index (χ0n) is 21.8. The molecular weight excluding hydrogens is 558 g/mol. The number of ether oxygens (including phenoxy) is 1. The molecule has 0 aromatic heterocycles. The molecule has 1 saturated carbocycles. The maximum atomic E-state index is 13.3. The van der Waals surface area contributed by atoms with E-state index in [0.29, 0.717) is 44.5 Å². The molecule has 2 unspecified atom stereocenters. The lowest BCUT2D eigenvalue weighted by Gasteiger charge is -2.36. The highest BCUT2D eigenvalue weighted by Crippen LogP contribution is 2.39. The lowest BCUT2D eigenvalue weighted by molar-refractivity contribution is -0.388. The summed E-state index contributed by atoms with van der Waals surface area (Å²) in [7, 11) is 0. The summed E-state index contributed by atoms with van der Waals surface area (Å²) in [6.45, 7) is 0.917. The maximum absolute atomic E-state index is 13.3. The normalized spacial score (nSPS) is 24.5. The first-order chi connectivity index (χ1) is 19.3. The van der Waals surface area contributed by atoms with Gasteiger partial charge in [0.15, 0.2) is 0 Å². The number of benzene rings is 2. The van der Waals surface area contributed by atoms with Gasteiger partial charge in [0.2, 0.25) is 5.91 Å². The van der Waals surface area contributed by atoms with Crippen molar-refractivity contribution in [3.8, 4) is 0 Å². The summed E-state index contributed by atoms with van der Waals surface area (Å²) in [5.41, 5.74) is -2.16. The fraction of sp³-hybridized carbons (Fsp3) is 0.519. The second-order valence-electron chi connectivity index (χ2n) is 10.7. The van der Waals surface area contributed by atoms with Gasteiger partial charge < -0.3 is 19.9 Å². The van der Waals surface area contributed by atoms with Gasteiger partial charge in [0, 0.05) is 42.6 Å². The molecule has 5 rings (SSSR count). The van der Waals surface area contributed by atoms with Crippen LogP contribution in [0.1, 0.15) is 43.2 Å². The third kappa shape index (κ3) is 6.36. The molecule has 3 fully saturated rings. The third-order valence-electron chi connectivity index (χ3n) is 8.07. The predicted molar refractivity (Wildman–Crippen MR) is 136 cm³/mol. The Kier molecular flexibility index (Phi) is 7.79. The SMILES string of the molecule is O=C(COC1CCC(Nc2ccc([N+](=O)[O-])c(C(F)(F)F)c2)CC1)N1CC2CC1CN2c1ccc(C(F)(F)F)cc1. The van der Waals surface area contributed by atoms with E-state index in [4.69, 9.17) is 4.74 Å². The van der Waals surface area contributed by atoms with E-state index in [2.05, 4.69) is 5.32 Å². The third-order valence-corrected chi connectivity index (χ3v) is 8.07. The number of carbonyl (C=O) groups excluding carboxylic acids is 1. The van der Waals surface area contributed by atoms with Gasteiger partial charge in [0.1, 0.15) is 12.2 Å². The van der Waals surface area contributed by atoms with Crippen molar-refractivity contribution >= 4 is 23.0 Å². The van der Waals surface area contributed by atoms with Crippen molar-refractivity contribution in [1.82, 2.24) is 4.90 Å². The fourth-order valence-corrected chi connectivity index (χ4v) is 6.02. The van der Waals surface area contributed by atoms with Crippen LogP contribution in [-0.4, -0.2) is 59.7 Å². The van der Waals surface area contributed by atoms with E-state index in [1.807, 2.05) is 4.90 Å². The Morgan fingerprint density at radius 2 is 1.63 bits per heavy atom. The minimum atomic E-state index is -4.85. The molecule has 1 amide bonds. The summed E-state index contributed by atoms with van der Waals surface area (Å²) in [6.07, 6.45) is -6.31. The first-order valence-electron chi connectivity index (χ1n) is 13.3. The molecule has 2 aliphatic heterocycles. The van der Waals surface area contributed by atoms with E-state index in [1.54, 1.807) is 4.90 Å². The molecule has 2 aromatic carbocycles. The second-order valence-corrected chi connectivity index (χ2v) is 10.7. The van der Waals surface area contributed by atoms with Crippen LogP contribution in [0.25, 0.3) is 0 Å². The van der Waals surface area contributed by atoms with E-state index in [0.717, 1.165) is 30.7 Å². The lowest BCUT2D eigenvalue weighted by Crippen LogP contribution is -2.50. The van der Waals surface area contributed by atoms with Crippen molar-refractivity contribution in [1.29, 1.82) is 0 Å². The predicted octanol–water partition coefficient (Wildman–Crippen LogP) is 5.86. The lowest BCUT2D eigenvalue weighted by atomic mass is 9.92. The summed E-state index contributed by atoms with van der Waals surface area (Å²) < 4.78 is 84.2. The number of amides is 1. The molecule has 2 atom stereocenters. The quantitative estimate of drug-likeness (QED) is 0.249. The molecule has 1 aliphatic carbocycles. The summed E-state index contributed by atoms with van der Waals surface area (Å²) in [5, 5.41) is 14.0. The van der Waals surface area contributed by atoms with Gasteiger partial charge in [-0.1, -0.05) is 0 Å². The van der Waals surface area contributed by atoms with Gasteiger partial charge in [0.05, 0.1) is 22.6 Å². The fourth-order valence-electron chi connectivity index (χ4n) is 6.02. The number of nitrogens with zero attached hydrogens (tertiary/aromatic N) is 3. The summed E-state index contributed by atoms with van der Waals surface area (Å²) in [6, 6.07) is 7.75. The number of alkyl halides is 6. The molecular formula is C27H28F6N4O4. The van der Waals surface area contributed by atoms with E-state index in [1.165, 1.54) is 18.2 Å². The van der Waals surface area contributed by atoms with Gasteiger partial charge in [-0.25, -0.2) is 0 Å². The van der Waals surface area contributed by atoms with E-state index in [-0.39, 0.29) is 42.4 Å². The van der Waals surface area contributed by atoms with Crippen LogP contribution in [0.2, 0.25) is 0 Å². The van der Waals surface area contributed by atoms with Crippen LogP contribution in [0, 0.1) is 10.1 Å². The Bertz CT molecular complexity index is 1280. The number of piperazine rings is 1. The number of halogens is 6. The number of hydrogen-bond donors (Lipinski definition) is 1. The number of hydrogen-bond acceptors (Lipinski definition) is 6. The molecule has 0 radical (unpaired) electrons. The van der Waals surface area contributed by atoms with Crippen molar-refractivity contribution in [2.24, 2.45) is 0 Å². The molecule has 14 heteroatoms. The Labute approximate surface area is 231 Å². The van der Waals surface area contributed by atoms with E-state index in [9.17, 15) is 41.3 Å². The molecule has 222 valence electrons. The maximum Gasteiger partial charge on any atom is 0.423 e. The Morgan fingerprint density at radius 3 is 2.20 bits per heavy atom. The Balaban J connectivity index is 1.07. The first kappa shape index (κ1) is 29.0. The van der Waals surface area contributed by atoms with Crippen molar-refractivity contribution in [3.63, 3.8) is 0 Å². The Morgan fingerprint density at radius 1 is 0.951 bits per heavy atom. The summed E-state index contributed by atoms with van der Waals surface area (Å²) >= 11 is 0. The van der Waals surface area contributed by atoms with Crippen molar-refractivity contribution in [2.45, 2.75) is 68.7 Å². The molecule has 2 heterocycles. The topological polar surface area (TPSA) is 87.9 Å². The zero-order valence-corrected chi connectivity index (χ0v) is 21.8. The highest BCUT2D eigenvalue weighted by Gasteiger charge is 2.45. The van der Waals surface area contributed by atoms with E-state index < -0.39 is 34.1 Å². The Hall–Kier alpha value is -3.55. The number of nitrogens with one attached hydrogen (secondary N) is 1. The minimum absolute atomic E-state index is 0.0273. The van der Waals surface area contributed by atoms with Crippen LogP contribution < -0.4 is 10.2 Å². The number of likely N-dealkylation sites (tertiary alicyclic amines) is 1. The molecule has 8 nitrogen and oxygen atoms in total. The monoisotopic (exact) mass is 586 g/mol. The van der Waals surface area contributed by atoms with E-state index >= 15 is 0 Å². The molecule has 41 heavy (non-hydrogen) atoms. The van der Waals surface area contributed by atoms with Crippen molar-refractivity contribution < 1.29 is 40.8 Å². The zero-order chi connectivity index (χ0) is 29.5. The number of anilines is 2. The summed E-state index contributed by atoms with van der Waals surface area (Å²) in [4.78, 5) is 26.6. The molecule has 1 N–H and O–H groups in total. The number of fused-ring (bicyclic) bond motifs is 2. The number of nitro groups is 1. The first-order valence-corrected chi connectivity index (χ1v) is 13.3. The molecule has 2 bridgehead atoms. The van der Waals surface area contributed by atoms with Crippen LogP contribution in [0.5, 0.6) is 0 Å². The highest BCUT2D eigenvalue weighted by atomic mass is 19.4. The average molecular weight is 587 g/mol. The van der Waals surface area contributed by atoms with Crippen molar-refractivity contribution in [3.05, 3.63) is 63.7 Å². The average Bonchev–Trinajstić information content (AvgIpc) is 3.53. The minimum Gasteiger partial charge on any atom is -0.382 e. The van der Waals surface area contributed by atoms with Gasteiger partial charge >= 0.3 is 12.4 Å². The van der Waals surface area contributed by atoms with Gasteiger partial charge in [-0.3, -0.25) is 14.9 Å². The summed E-state index contributed by atoms with van der Waals surface area (Å²) in [5.74, 6) is -0.143. The van der Waals surface area contributed by atoms with Gasteiger partial charge in [-0.15, -0.1) is 0 Å². The number of carbonyl (C=O) groups is 1. The molecule has 3 aliphatic rings. The van der Waals surface area contributed by atoms with Crippen molar-refractivity contribution in [2.75, 3.05) is 29.9 Å². The highest BCUT2D eigenvalue weighted by molar-refractivity contribution is 5.79. The van der Waals surface area contributed by atoms with Crippen LogP contribution in [0.4, 0.5) is 43.4 Å². The smallest absolute Gasteiger partial charge is 0.382 e. The van der Waals surface area contributed by atoms with Gasteiger partial charge in [-0.05, 0) is 68.5 Å². The van der Waals surface area contributed by atoms with Gasteiger partial charge in [0.25, 0.3) is 5.69 Å². The van der Waals surface area contributed by atoms with Gasteiger partial charge in [-0.2, -0.15) is 26.3 Å². The van der Waals surface area contributed by atoms with Crippen LogP contribution in [0.3, 0.4) is 0 Å². The molecule has 2 saturated heterocycles. The molecule has 2 aromatic rings. The van der Waals surface area contributed by atoms with Crippen LogP contribution in [0.15, 0.2) is 42.5 Å². The molecule has 0 spiro atoms. The second kappa shape index (κ2) is 11.0. The number of rotatable bonds is 7. The number of nitro benzene ring substituents is 1. The standard InChI is InChI=1S/C27H28F6N4O4/c28-26(29,30)16-1-6-19(7-2-16)35-13-21-12-20(35)14-36(21)25(38)15-41-22-8-3-17(4-9-22)34-18-5-10-24(37(39)40)23(11-18)27(31,32)33/h1-2,5-7,10-11,17,20-22,34H,3-4,8-9,12-15H2. The van der Waals surface area contributed by atoms with Crippen LogP contribution >= 0.6 is 0 Å².